The van der Waals surface area contributed by atoms with Gasteiger partial charge in [0.2, 0.25) is 0 Å². The Morgan fingerprint density at radius 2 is 0.891 bits per heavy atom. The molecule has 1 atom stereocenters. The molecule has 0 bridgehead atoms. The van der Waals surface area contributed by atoms with Crippen LogP contribution >= 0.6 is 39.1 Å². The fourth-order valence-corrected chi connectivity index (χ4v) is 6.38. The number of fused-ring (bicyclic) bond motifs is 1. The first-order valence-electron chi connectivity index (χ1n) is 11.7. The van der Waals surface area contributed by atoms with Crippen LogP contribution in [0.3, 0.4) is 0 Å². The first-order chi connectivity index (χ1) is 20.8. The van der Waals surface area contributed by atoms with Gasteiger partial charge in [0, 0.05) is 23.6 Å². The third kappa shape index (κ3) is 10.3. The molecule has 1 aliphatic rings. The van der Waals surface area contributed by atoms with Gasteiger partial charge in [0.05, 0.1) is 0 Å². The Labute approximate surface area is 256 Å². The molecule has 3 aromatic carbocycles. The highest BCUT2D eigenvalue weighted by molar-refractivity contribution is 7.47. The van der Waals surface area contributed by atoms with Crippen LogP contribution in [0.5, 0.6) is 28.7 Å². The van der Waals surface area contributed by atoms with Crippen LogP contribution in [0.2, 0.25) is 0 Å². The van der Waals surface area contributed by atoms with Crippen molar-refractivity contribution in [1.29, 1.82) is 0 Å². The Morgan fingerprint density at radius 1 is 0.478 bits per heavy atom. The summed E-state index contributed by atoms with van der Waals surface area (Å²) in [5, 5.41) is 0. The van der Waals surface area contributed by atoms with Crippen molar-refractivity contribution in [3.05, 3.63) is 76.9 Å². The summed E-state index contributed by atoms with van der Waals surface area (Å²) in [6.07, 6.45) is 1.30. The van der Waals surface area contributed by atoms with E-state index in [1.54, 1.807) is 0 Å². The van der Waals surface area contributed by atoms with E-state index in [2.05, 4.69) is 18.1 Å². The van der Waals surface area contributed by atoms with Crippen LogP contribution in [0, 0.1) is 0 Å². The summed E-state index contributed by atoms with van der Waals surface area (Å²) in [6.45, 7) is 0. The topological polar surface area (TPSA) is 334 Å². The second-order valence-corrected chi connectivity index (χ2v) is 14.9. The number of phosphoric ester groups is 5. The van der Waals surface area contributed by atoms with Gasteiger partial charge in [-0.1, -0.05) is 12.1 Å². The molecule has 0 aromatic heterocycles. The van der Waals surface area contributed by atoms with Crippen molar-refractivity contribution in [2.75, 3.05) is 0 Å². The number of hydrogen-bond donors (Lipinski definition) is 10. The molecule has 0 unspecified atom stereocenters. The summed E-state index contributed by atoms with van der Waals surface area (Å²) in [5.41, 5.74) is -0.0602. The Kier molecular flexibility index (Phi) is 9.89. The van der Waals surface area contributed by atoms with E-state index in [1.165, 1.54) is 18.2 Å². The standard InChI is InChI=1S/C21H21O20P5/c22-42(23,24)37-14-3-1-11(2-4-14)18-8-13-7-17(40-45(31,32)33)10-19(41-46(34,35)36)21(13)20(18)12-5-15(38-43(25,26)27)9-16(6-12)39-44(28,29)30/h1-10,20H,(H2,22,23,24)(H2,25,26,27)(H2,28,29,30)(H2,31,32,33)(H2,34,35,36)/t20-/m0/s1. The molecule has 25 heteroatoms. The summed E-state index contributed by atoms with van der Waals surface area (Å²) in [6, 6.07) is 9.23. The van der Waals surface area contributed by atoms with Crippen molar-refractivity contribution in [3.8, 4) is 28.7 Å². The smallest absolute Gasteiger partial charge is 0.404 e. The predicted octanol–water partition coefficient (Wildman–Crippen LogP) is 2.73. The van der Waals surface area contributed by atoms with E-state index in [-0.39, 0.29) is 33.6 Å². The molecular formula is C21H21O20P5. The Hall–Kier alpha value is -2.85. The maximum Gasteiger partial charge on any atom is 0.524 e. The molecule has 250 valence electrons. The lowest BCUT2D eigenvalue weighted by molar-refractivity contribution is 0.275. The van der Waals surface area contributed by atoms with E-state index in [1.807, 2.05) is 0 Å². The van der Waals surface area contributed by atoms with Crippen LogP contribution in [0.25, 0.3) is 11.6 Å². The molecule has 0 aliphatic heterocycles. The molecule has 3 aromatic rings. The van der Waals surface area contributed by atoms with E-state index in [0.717, 1.165) is 42.5 Å². The molecule has 4 rings (SSSR count). The van der Waals surface area contributed by atoms with Gasteiger partial charge in [-0.15, -0.1) is 0 Å². The van der Waals surface area contributed by atoms with Gasteiger partial charge in [-0.3, -0.25) is 48.9 Å². The minimum atomic E-state index is -5.42. The average Bonchev–Trinajstić information content (AvgIpc) is 3.19. The van der Waals surface area contributed by atoms with Crippen LogP contribution < -0.4 is 22.6 Å². The van der Waals surface area contributed by atoms with Crippen LogP contribution in [0.4, 0.5) is 0 Å². The van der Waals surface area contributed by atoms with Gasteiger partial charge in [0.25, 0.3) is 0 Å². The molecular weight excluding hydrogens is 727 g/mol. The van der Waals surface area contributed by atoms with Crippen molar-refractivity contribution in [2.45, 2.75) is 5.92 Å². The van der Waals surface area contributed by atoms with Gasteiger partial charge in [0.1, 0.15) is 28.7 Å². The highest BCUT2D eigenvalue weighted by Crippen LogP contribution is 2.56. The number of hydrogen-bond acceptors (Lipinski definition) is 10. The molecule has 1 aliphatic carbocycles. The van der Waals surface area contributed by atoms with Crippen molar-refractivity contribution in [2.24, 2.45) is 0 Å². The summed E-state index contributed by atoms with van der Waals surface area (Å²) >= 11 is 0. The van der Waals surface area contributed by atoms with E-state index in [0.29, 0.717) is 0 Å². The molecule has 0 saturated carbocycles. The van der Waals surface area contributed by atoms with Gasteiger partial charge in [-0.05, 0) is 58.7 Å². The van der Waals surface area contributed by atoms with E-state index >= 15 is 0 Å². The Balaban J connectivity index is 2.01. The molecule has 46 heavy (non-hydrogen) atoms. The van der Waals surface area contributed by atoms with Crippen molar-refractivity contribution in [1.82, 2.24) is 0 Å². The quantitative estimate of drug-likeness (QED) is 0.119. The minimum absolute atomic E-state index is 0.0521. The van der Waals surface area contributed by atoms with Gasteiger partial charge in [0.15, 0.2) is 0 Å². The largest absolute Gasteiger partial charge is 0.524 e. The number of benzene rings is 3. The van der Waals surface area contributed by atoms with Crippen LogP contribution in [-0.4, -0.2) is 48.9 Å². The first kappa shape index (κ1) is 36.0. The average molecular weight is 748 g/mol. The molecule has 20 nitrogen and oxygen atoms in total. The third-order valence-corrected chi connectivity index (χ3v) is 7.83. The van der Waals surface area contributed by atoms with E-state index in [9.17, 15) is 62.0 Å². The van der Waals surface area contributed by atoms with Crippen LogP contribution in [-0.2, 0) is 22.8 Å². The van der Waals surface area contributed by atoms with Gasteiger partial charge >= 0.3 is 39.1 Å². The monoisotopic (exact) mass is 748 g/mol. The normalized spacial score (nSPS) is 15.5. The summed E-state index contributed by atoms with van der Waals surface area (Å²) in [7, 11) is -26.2. The molecule has 10 N–H and O–H groups in total. The summed E-state index contributed by atoms with van der Waals surface area (Å²) < 4.78 is 81.1. The van der Waals surface area contributed by atoms with Crippen molar-refractivity contribution in [3.63, 3.8) is 0 Å². The molecule has 0 radical (unpaired) electrons. The van der Waals surface area contributed by atoms with E-state index in [4.69, 9.17) is 14.3 Å². The maximum atomic E-state index is 11.9. The van der Waals surface area contributed by atoms with Gasteiger partial charge in [-0.25, -0.2) is 22.8 Å². The van der Waals surface area contributed by atoms with Gasteiger partial charge in [-0.2, -0.15) is 0 Å². The highest BCUT2D eigenvalue weighted by atomic mass is 31.2. The van der Waals surface area contributed by atoms with Crippen LogP contribution in [0.1, 0.15) is 28.2 Å². The fourth-order valence-electron chi connectivity index (χ4n) is 4.43. The zero-order chi connectivity index (χ0) is 34.5. The molecule has 0 fully saturated rings. The molecule has 0 spiro atoms. The maximum absolute atomic E-state index is 11.9. The molecule has 0 amide bonds. The lowest BCUT2D eigenvalue weighted by Crippen LogP contribution is -2.06. The highest BCUT2D eigenvalue weighted by Gasteiger charge is 2.36. The minimum Gasteiger partial charge on any atom is -0.404 e. The van der Waals surface area contributed by atoms with Gasteiger partial charge < -0.3 is 22.6 Å². The second-order valence-electron chi connectivity index (χ2n) is 9.13. The van der Waals surface area contributed by atoms with Crippen molar-refractivity contribution < 1.29 is 94.4 Å². The molecule has 0 saturated heterocycles. The second kappa shape index (κ2) is 12.6. The predicted molar refractivity (Wildman–Crippen MR) is 152 cm³/mol. The first-order valence-corrected chi connectivity index (χ1v) is 19.4. The summed E-state index contributed by atoms with van der Waals surface area (Å²) in [4.78, 5) is 93.6. The van der Waals surface area contributed by atoms with E-state index < -0.39 is 68.0 Å². The summed E-state index contributed by atoms with van der Waals surface area (Å²) in [5.74, 6) is -4.36. The fraction of sp³-hybridized carbons (Fsp3) is 0.0476. The zero-order valence-corrected chi connectivity index (χ0v) is 26.6. The SMILES string of the molecule is O=P(O)(O)Oc1ccc(C2=Cc3cc(OP(=O)(O)O)cc(OP(=O)(O)O)c3[C@H]2c2cc(OP(=O)(O)O)cc(OP(=O)(O)O)c2)cc1. The zero-order valence-electron chi connectivity index (χ0n) is 22.1. The van der Waals surface area contributed by atoms with Crippen LogP contribution in [0.15, 0.2) is 54.6 Å². The van der Waals surface area contributed by atoms with Crippen molar-refractivity contribution >= 4 is 50.8 Å². The molecule has 0 heterocycles. The lowest BCUT2D eigenvalue weighted by Gasteiger charge is -2.23. The number of rotatable bonds is 12. The third-order valence-electron chi connectivity index (χ3n) is 5.60. The Morgan fingerprint density at radius 3 is 1.33 bits per heavy atom. The number of allylic oxidation sites excluding steroid dienone is 1. The Bertz CT molecular complexity index is 1890. The lowest BCUT2D eigenvalue weighted by atomic mass is 9.84. The number of phosphoric acid groups is 5.